The smallest absolute Gasteiger partial charge is 0.233 e. The Bertz CT molecular complexity index is 1100. The van der Waals surface area contributed by atoms with Gasteiger partial charge in [-0.05, 0) is 30.5 Å². The van der Waals surface area contributed by atoms with Crippen molar-refractivity contribution in [2.24, 2.45) is 0 Å². The van der Waals surface area contributed by atoms with E-state index in [1.807, 2.05) is 49.4 Å². The van der Waals surface area contributed by atoms with Crippen LogP contribution in [0.5, 0.6) is 5.75 Å². The second-order valence-corrected chi connectivity index (χ2v) is 7.46. The maximum Gasteiger partial charge on any atom is 0.233 e. The van der Waals surface area contributed by atoms with Crippen molar-refractivity contribution >= 4 is 11.7 Å². The minimum absolute atomic E-state index is 0.0676. The second-order valence-electron chi connectivity index (χ2n) is 7.46. The number of benzene rings is 2. The topological polar surface area (TPSA) is 75.4 Å². The molecule has 5 rings (SSSR count). The van der Waals surface area contributed by atoms with Crippen molar-refractivity contribution < 1.29 is 14.4 Å². The first-order chi connectivity index (χ1) is 13.6. The third-order valence-corrected chi connectivity index (χ3v) is 5.77. The fourth-order valence-corrected chi connectivity index (χ4v) is 4.50. The number of para-hydroxylation sites is 1. The average molecular weight is 372 g/mol. The standard InChI is InChI=1S/C23H20N2O3/c1-13-20-21(14-7-3-2-4-8-14)22-17(24-23(20)28-25-13)11-15(12-19(22)27)16-9-5-6-10-18(16)26/h2-10,15,21,24,26H,11-12H2,1H3/t15-,21-/m1/s1. The number of carbonyl (C=O) groups is 1. The van der Waals surface area contributed by atoms with Gasteiger partial charge in [-0.2, -0.15) is 0 Å². The van der Waals surface area contributed by atoms with Gasteiger partial charge in [0.25, 0.3) is 0 Å². The molecule has 1 aliphatic carbocycles. The quantitative estimate of drug-likeness (QED) is 0.685. The van der Waals surface area contributed by atoms with Gasteiger partial charge in [0, 0.05) is 29.5 Å². The highest BCUT2D eigenvalue weighted by molar-refractivity contribution is 6.01. The normalized spacial score (nSPS) is 21.1. The van der Waals surface area contributed by atoms with Crippen molar-refractivity contribution in [1.82, 2.24) is 5.16 Å². The molecule has 2 heterocycles. The van der Waals surface area contributed by atoms with E-state index in [1.54, 1.807) is 12.1 Å². The number of nitrogens with one attached hydrogen (secondary N) is 1. The van der Waals surface area contributed by atoms with E-state index in [1.165, 1.54) is 0 Å². The van der Waals surface area contributed by atoms with Gasteiger partial charge >= 0.3 is 0 Å². The second kappa shape index (κ2) is 6.37. The number of carbonyl (C=O) groups excluding carboxylic acids is 1. The van der Waals surface area contributed by atoms with Gasteiger partial charge in [0.15, 0.2) is 5.78 Å². The number of Topliss-reactive ketones (excluding diaryl/α,β-unsaturated/α-hetero) is 1. The zero-order valence-electron chi connectivity index (χ0n) is 15.5. The molecule has 5 nitrogen and oxygen atoms in total. The van der Waals surface area contributed by atoms with E-state index in [-0.39, 0.29) is 23.4 Å². The first-order valence-corrected chi connectivity index (χ1v) is 9.45. The molecule has 28 heavy (non-hydrogen) atoms. The van der Waals surface area contributed by atoms with E-state index in [9.17, 15) is 9.90 Å². The fraction of sp³-hybridized carbons (Fsp3) is 0.217. The number of allylic oxidation sites excluding steroid dienone is 2. The SMILES string of the molecule is Cc1noc2c1[C@@H](c1ccccc1)C1=C(C[C@@H](c3ccccc3O)CC1=O)N2. The van der Waals surface area contributed by atoms with Crippen molar-refractivity contribution in [3.63, 3.8) is 0 Å². The van der Waals surface area contributed by atoms with E-state index >= 15 is 0 Å². The number of anilines is 1. The van der Waals surface area contributed by atoms with Crippen molar-refractivity contribution in [2.75, 3.05) is 5.32 Å². The Morgan fingerprint density at radius 3 is 2.61 bits per heavy atom. The molecule has 1 aromatic heterocycles. The van der Waals surface area contributed by atoms with Crippen molar-refractivity contribution in [1.29, 1.82) is 0 Å². The van der Waals surface area contributed by atoms with Gasteiger partial charge in [-0.1, -0.05) is 53.7 Å². The number of aromatic nitrogens is 1. The fourth-order valence-electron chi connectivity index (χ4n) is 4.50. The summed E-state index contributed by atoms with van der Waals surface area (Å²) in [5.41, 5.74) is 5.23. The number of hydrogen-bond donors (Lipinski definition) is 2. The summed E-state index contributed by atoms with van der Waals surface area (Å²) in [6.07, 6.45) is 1.02. The first-order valence-electron chi connectivity index (χ1n) is 9.45. The molecule has 0 saturated carbocycles. The van der Waals surface area contributed by atoms with Crippen LogP contribution in [0.3, 0.4) is 0 Å². The van der Waals surface area contributed by atoms with Gasteiger partial charge < -0.3 is 14.9 Å². The summed E-state index contributed by atoms with van der Waals surface area (Å²) in [7, 11) is 0. The van der Waals surface area contributed by atoms with Crippen molar-refractivity contribution in [3.05, 3.63) is 88.3 Å². The maximum atomic E-state index is 13.3. The molecule has 0 fully saturated rings. The molecular formula is C23H20N2O3. The summed E-state index contributed by atoms with van der Waals surface area (Å²) in [4.78, 5) is 13.3. The minimum Gasteiger partial charge on any atom is -0.508 e. The summed E-state index contributed by atoms with van der Waals surface area (Å²) >= 11 is 0. The van der Waals surface area contributed by atoms with E-state index in [0.717, 1.165) is 33.7 Å². The number of aromatic hydroxyl groups is 1. The summed E-state index contributed by atoms with van der Waals surface area (Å²) in [6, 6.07) is 17.3. The van der Waals surface area contributed by atoms with Crippen molar-refractivity contribution in [2.45, 2.75) is 31.6 Å². The highest BCUT2D eigenvalue weighted by atomic mass is 16.5. The molecule has 0 bridgehead atoms. The van der Waals surface area contributed by atoms with E-state index in [0.29, 0.717) is 18.7 Å². The molecule has 2 atom stereocenters. The molecule has 5 heteroatoms. The monoisotopic (exact) mass is 372 g/mol. The molecule has 0 spiro atoms. The molecular weight excluding hydrogens is 352 g/mol. The van der Waals surface area contributed by atoms with Crippen LogP contribution in [0.4, 0.5) is 5.88 Å². The van der Waals surface area contributed by atoms with E-state index in [4.69, 9.17) is 4.52 Å². The lowest BCUT2D eigenvalue weighted by Crippen LogP contribution is -2.29. The van der Waals surface area contributed by atoms with Gasteiger partial charge in [0.05, 0.1) is 11.3 Å². The van der Waals surface area contributed by atoms with Crippen LogP contribution in [0.2, 0.25) is 0 Å². The van der Waals surface area contributed by atoms with Crippen LogP contribution in [-0.4, -0.2) is 16.0 Å². The molecule has 0 unspecified atom stereocenters. The molecule has 2 aromatic carbocycles. The number of hydrogen-bond acceptors (Lipinski definition) is 5. The van der Waals surface area contributed by atoms with Gasteiger partial charge in [0.2, 0.25) is 5.88 Å². The highest BCUT2D eigenvalue weighted by Crippen LogP contribution is 2.49. The molecule has 2 aliphatic rings. The summed E-state index contributed by atoms with van der Waals surface area (Å²) in [6.45, 7) is 1.91. The van der Waals surface area contributed by atoms with Crippen LogP contribution >= 0.6 is 0 Å². The van der Waals surface area contributed by atoms with Gasteiger partial charge in [-0.15, -0.1) is 0 Å². The van der Waals surface area contributed by atoms with Crippen LogP contribution < -0.4 is 5.32 Å². The zero-order chi connectivity index (χ0) is 19.3. The average Bonchev–Trinajstić information content (AvgIpc) is 3.08. The largest absolute Gasteiger partial charge is 0.508 e. The minimum atomic E-state index is -0.184. The van der Waals surface area contributed by atoms with E-state index in [2.05, 4.69) is 10.5 Å². The lowest BCUT2D eigenvalue weighted by atomic mass is 9.72. The third-order valence-electron chi connectivity index (χ3n) is 5.77. The van der Waals surface area contributed by atoms with Crippen LogP contribution in [-0.2, 0) is 4.79 Å². The third kappa shape index (κ3) is 2.54. The number of nitrogens with zero attached hydrogens (tertiary/aromatic N) is 1. The van der Waals surface area contributed by atoms with Crippen LogP contribution in [0.25, 0.3) is 0 Å². The van der Waals surface area contributed by atoms with Gasteiger partial charge in [-0.25, -0.2) is 0 Å². The van der Waals surface area contributed by atoms with Crippen LogP contribution in [0, 0.1) is 6.92 Å². The summed E-state index contributed by atoms with van der Waals surface area (Å²) < 4.78 is 5.53. The predicted molar refractivity (Wildman–Crippen MR) is 105 cm³/mol. The molecule has 0 amide bonds. The Balaban J connectivity index is 1.63. The Labute approximate surface area is 162 Å². The maximum absolute atomic E-state index is 13.3. The molecule has 140 valence electrons. The van der Waals surface area contributed by atoms with E-state index < -0.39 is 0 Å². The lowest BCUT2D eigenvalue weighted by molar-refractivity contribution is -0.116. The van der Waals surface area contributed by atoms with Gasteiger partial charge in [-0.3, -0.25) is 4.79 Å². The summed E-state index contributed by atoms with van der Waals surface area (Å²) in [5, 5.41) is 17.7. The first kappa shape index (κ1) is 16.8. The molecule has 1 aliphatic heterocycles. The van der Waals surface area contributed by atoms with Crippen molar-refractivity contribution in [3.8, 4) is 5.75 Å². The lowest BCUT2D eigenvalue weighted by Gasteiger charge is -2.34. The Kier molecular flexibility index (Phi) is 3.83. The van der Waals surface area contributed by atoms with Crippen LogP contribution in [0.15, 0.2) is 70.4 Å². The zero-order valence-corrected chi connectivity index (χ0v) is 15.5. The number of phenolic OH excluding ortho intramolecular Hbond substituents is 1. The Morgan fingerprint density at radius 1 is 1.07 bits per heavy atom. The molecule has 0 radical (unpaired) electrons. The highest BCUT2D eigenvalue weighted by Gasteiger charge is 2.41. The van der Waals surface area contributed by atoms with Crippen LogP contribution in [0.1, 0.15) is 47.1 Å². The number of ketones is 1. The number of phenols is 1. The molecule has 2 N–H and O–H groups in total. The van der Waals surface area contributed by atoms with Gasteiger partial charge in [0.1, 0.15) is 5.75 Å². The Morgan fingerprint density at radius 2 is 1.82 bits per heavy atom. The molecule has 0 saturated heterocycles. The molecule has 3 aromatic rings. The predicted octanol–water partition coefficient (Wildman–Crippen LogP) is 4.65. The number of aryl methyl sites for hydroxylation is 1. The number of rotatable bonds is 2. The number of fused-ring (bicyclic) bond motifs is 1. The Hall–Kier alpha value is -3.34. The summed E-state index contributed by atoms with van der Waals surface area (Å²) in [5.74, 6) is 0.687.